The van der Waals surface area contributed by atoms with Crippen molar-refractivity contribution in [1.29, 1.82) is 0 Å². The number of hydrogen-bond donors (Lipinski definition) is 2. The van der Waals surface area contributed by atoms with E-state index in [0.29, 0.717) is 6.54 Å². The summed E-state index contributed by atoms with van der Waals surface area (Å²) in [4.78, 5) is 12.4. The van der Waals surface area contributed by atoms with Crippen LogP contribution in [0.3, 0.4) is 0 Å². The third kappa shape index (κ3) is 3.83. The lowest BCUT2D eigenvalue weighted by atomic mass is 9.75. The van der Waals surface area contributed by atoms with Crippen molar-refractivity contribution in [3.8, 4) is 0 Å². The van der Waals surface area contributed by atoms with Gasteiger partial charge in [-0.3, -0.25) is 4.79 Å². The molecule has 0 radical (unpaired) electrons. The van der Waals surface area contributed by atoms with Gasteiger partial charge in [0.2, 0.25) is 5.91 Å². The molecule has 0 heterocycles. The second kappa shape index (κ2) is 6.89. The molecule has 0 aliphatic heterocycles. The van der Waals surface area contributed by atoms with Gasteiger partial charge in [0.1, 0.15) is 0 Å². The van der Waals surface area contributed by atoms with E-state index in [1.807, 2.05) is 30.3 Å². The summed E-state index contributed by atoms with van der Waals surface area (Å²) in [6, 6.07) is 9.80. The second-order valence-electron chi connectivity index (χ2n) is 6.29. The summed E-state index contributed by atoms with van der Waals surface area (Å²) in [7, 11) is 0. The van der Waals surface area contributed by atoms with Crippen LogP contribution >= 0.6 is 0 Å². The molecule has 1 aliphatic rings. The topological polar surface area (TPSA) is 55.1 Å². The highest BCUT2D eigenvalue weighted by Crippen LogP contribution is 2.35. The molecule has 1 saturated carbocycles. The van der Waals surface area contributed by atoms with Crippen LogP contribution in [0.1, 0.15) is 50.5 Å². The Morgan fingerprint density at radius 2 is 1.90 bits per heavy atom. The highest BCUT2D eigenvalue weighted by molar-refractivity contribution is 5.83. The summed E-state index contributed by atoms with van der Waals surface area (Å²) in [5.41, 5.74) is 7.06. The van der Waals surface area contributed by atoms with Gasteiger partial charge in [0.25, 0.3) is 0 Å². The van der Waals surface area contributed by atoms with E-state index in [0.717, 1.165) is 12.1 Å². The molecule has 1 aromatic carbocycles. The summed E-state index contributed by atoms with van der Waals surface area (Å²) in [6.07, 6.45) is 6.33. The van der Waals surface area contributed by atoms with Gasteiger partial charge in [-0.05, 0) is 23.8 Å². The first-order chi connectivity index (χ1) is 9.64. The molecule has 110 valence electrons. The van der Waals surface area contributed by atoms with Crippen molar-refractivity contribution in [2.45, 2.75) is 44.9 Å². The minimum atomic E-state index is -0.233. The predicted molar refractivity (Wildman–Crippen MR) is 82.4 cm³/mol. The zero-order chi connectivity index (χ0) is 14.4. The number of carbonyl (C=O) groups excluding carboxylic acids is 1. The fourth-order valence-electron chi connectivity index (χ4n) is 3.09. The summed E-state index contributed by atoms with van der Waals surface area (Å²) < 4.78 is 0. The normalized spacial score (nSPS) is 19.3. The van der Waals surface area contributed by atoms with Crippen LogP contribution in [-0.4, -0.2) is 19.0 Å². The predicted octanol–water partition coefficient (Wildman–Crippen LogP) is 2.82. The fourth-order valence-corrected chi connectivity index (χ4v) is 3.09. The van der Waals surface area contributed by atoms with E-state index in [1.54, 1.807) is 0 Å². The van der Waals surface area contributed by atoms with Gasteiger partial charge in [0, 0.05) is 13.1 Å². The van der Waals surface area contributed by atoms with E-state index < -0.39 is 0 Å². The number of carbonyl (C=O) groups is 1. The molecule has 20 heavy (non-hydrogen) atoms. The van der Waals surface area contributed by atoms with Crippen molar-refractivity contribution < 1.29 is 4.79 Å². The zero-order valence-corrected chi connectivity index (χ0v) is 12.4. The minimum absolute atomic E-state index is 0.0606. The Morgan fingerprint density at radius 1 is 1.25 bits per heavy atom. The zero-order valence-electron chi connectivity index (χ0n) is 12.4. The van der Waals surface area contributed by atoms with Crippen LogP contribution in [-0.2, 0) is 4.79 Å². The SMILES string of the molecule is CC1(CNC(=O)C(CN)c2ccccc2)CCCCC1. The lowest BCUT2D eigenvalue weighted by Crippen LogP contribution is -2.40. The number of nitrogens with two attached hydrogens (primary N) is 1. The molecule has 0 saturated heterocycles. The van der Waals surface area contributed by atoms with Crippen molar-refractivity contribution in [1.82, 2.24) is 5.32 Å². The Balaban J connectivity index is 1.93. The third-order valence-electron chi connectivity index (χ3n) is 4.50. The van der Waals surface area contributed by atoms with Crippen LogP contribution in [0.25, 0.3) is 0 Å². The van der Waals surface area contributed by atoms with Gasteiger partial charge in [-0.25, -0.2) is 0 Å². The summed E-state index contributed by atoms with van der Waals surface area (Å²) >= 11 is 0. The molecule has 0 spiro atoms. The Bertz CT molecular complexity index is 424. The molecule has 1 fully saturated rings. The molecular formula is C17H26N2O. The molecule has 1 amide bonds. The maximum atomic E-state index is 12.4. The first-order valence-electron chi connectivity index (χ1n) is 7.67. The van der Waals surface area contributed by atoms with Gasteiger partial charge < -0.3 is 11.1 Å². The lowest BCUT2D eigenvalue weighted by Gasteiger charge is -2.34. The van der Waals surface area contributed by atoms with Crippen molar-refractivity contribution in [2.75, 3.05) is 13.1 Å². The van der Waals surface area contributed by atoms with Crippen LogP contribution in [0, 0.1) is 5.41 Å². The van der Waals surface area contributed by atoms with E-state index in [2.05, 4.69) is 12.2 Å². The monoisotopic (exact) mass is 274 g/mol. The molecule has 1 aromatic rings. The van der Waals surface area contributed by atoms with Crippen molar-refractivity contribution in [2.24, 2.45) is 11.1 Å². The van der Waals surface area contributed by atoms with E-state index >= 15 is 0 Å². The van der Waals surface area contributed by atoms with Gasteiger partial charge in [0.15, 0.2) is 0 Å². The number of hydrogen-bond acceptors (Lipinski definition) is 2. The molecule has 2 rings (SSSR count). The summed E-state index contributed by atoms with van der Waals surface area (Å²) in [6.45, 7) is 3.41. The maximum Gasteiger partial charge on any atom is 0.228 e. The van der Waals surface area contributed by atoms with Crippen molar-refractivity contribution in [3.05, 3.63) is 35.9 Å². The number of rotatable bonds is 5. The Labute approximate surface area is 121 Å². The van der Waals surface area contributed by atoms with Crippen LogP contribution < -0.4 is 11.1 Å². The Hall–Kier alpha value is -1.35. The molecule has 1 aliphatic carbocycles. The molecular weight excluding hydrogens is 248 g/mol. The van der Waals surface area contributed by atoms with Crippen LogP contribution in [0.15, 0.2) is 30.3 Å². The van der Waals surface area contributed by atoms with Crippen LogP contribution in [0.4, 0.5) is 0 Å². The van der Waals surface area contributed by atoms with E-state index in [9.17, 15) is 4.79 Å². The molecule has 3 nitrogen and oxygen atoms in total. The van der Waals surface area contributed by atoms with Gasteiger partial charge >= 0.3 is 0 Å². The molecule has 3 N–H and O–H groups in total. The second-order valence-corrected chi connectivity index (χ2v) is 6.29. The first-order valence-corrected chi connectivity index (χ1v) is 7.67. The van der Waals surface area contributed by atoms with Crippen molar-refractivity contribution >= 4 is 5.91 Å². The smallest absolute Gasteiger partial charge is 0.228 e. The van der Waals surface area contributed by atoms with Gasteiger partial charge in [0.05, 0.1) is 5.92 Å². The van der Waals surface area contributed by atoms with Gasteiger partial charge in [-0.1, -0.05) is 56.5 Å². The number of amides is 1. The van der Waals surface area contributed by atoms with E-state index in [4.69, 9.17) is 5.73 Å². The largest absolute Gasteiger partial charge is 0.355 e. The third-order valence-corrected chi connectivity index (χ3v) is 4.50. The van der Waals surface area contributed by atoms with Crippen molar-refractivity contribution in [3.63, 3.8) is 0 Å². The first kappa shape index (κ1) is 15.0. The molecule has 1 atom stereocenters. The van der Waals surface area contributed by atoms with Crippen LogP contribution in [0.5, 0.6) is 0 Å². The summed E-state index contributed by atoms with van der Waals surface area (Å²) in [5, 5.41) is 3.12. The van der Waals surface area contributed by atoms with Gasteiger partial charge in [-0.15, -0.1) is 0 Å². The average molecular weight is 274 g/mol. The minimum Gasteiger partial charge on any atom is -0.355 e. The Kier molecular flexibility index (Phi) is 5.18. The fraction of sp³-hybridized carbons (Fsp3) is 0.588. The van der Waals surface area contributed by atoms with Gasteiger partial charge in [-0.2, -0.15) is 0 Å². The molecule has 0 bridgehead atoms. The van der Waals surface area contributed by atoms with Crippen LogP contribution in [0.2, 0.25) is 0 Å². The Morgan fingerprint density at radius 3 is 2.50 bits per heavy atom. The molecule has 3 heteroatoms. The highest BCUT2D eigenvalue weighted by atomic mass is 16.1. The standard InChI is InChI=1S/C17H26N2O/c1-17(10-6-3-7-11-17)13-19-16(20)15(12-18)14-8-4-2-5-9-14/h2,4-5,8-9,15H,3,6-7,10-13,18H2,1H3,(H,19,20). The van der Waals surface area contributed by atoms with E-state index in [-0.39, 0.29) is 17.2 Å². The molecule has 0 aromatic heterocycles. The lowest BCUT2D eigenvalue weighted by molar-refractivity contribution is -0.123. The highest BCUT2D eigenvalue weighted by Gasteiger charge is 2.28. The average Bonchev–Trinajstić information content (AvgIpc) is 2.48. The summed E-state index contributed by atoms with van der Waals surface area (Å²) in [5.74, 6) is -0.172. The molecule has 1 unspecified atom stereocenters. The quantitative estimate of drug-likeness (QED) is 0.867. The number of benzene rings is 1. The number of nitrogens with one attached hydrogen (secondary N) is 1. The van der Waals surface area contributed by atoms with E-state index in [1.165, 1.54) is 32.1 Å². The maximum absolute atomic E-state index is 12.4.